The summed E-state index contributed by atoms with van der Waals surface area (Å²) in [4.78, 5) is 18.2. The van der Waals surface area contributed by atoms with Crippen LogP contribution in [0.15, 0.2) is 15.6 Å². The molecule has 1 amide bonds. The smallest absolute Gasteiger partial charge is 0.224 e. The minimum Gasteiger partial charge on any atom is -0.359 e. The Hall–Kier alpha value is -1.32. The summed E-state index contributed by atoms with van der Waals surface area (Å²) in [5.74, 6) is 1.56. The van der Waals surface area contributed by atoms with Gasteiger partial charge in [0, 0.05) is 38.7 Å². The highest BCUT2D eigenvalue weighted by atomic mass is 127. The predicted molar refractivity (Wildman–Crippen MR) is 107 cm³/mol. The van der Waals surface area contributed by atoms with E-state index in [2.05, 4.69) is 20.8 Å². The van der Waals surface area contributed by atoms with Gasteiger partial charge in [-0.1, -0.05) is 12.1 Å². The number of carbonyl (C=O) groups excluding carboxylic acids is 1. The van der Waals surface area contributed by atoms with Gasteiger partial charge in [0.25, 0.3) is 0 Å². The van der Waals surface area contributed by atoms with Crippen molar-refractivity contribution in [2.24, 2.45) is 4.99 Å². The first-order valence-corrected chi connectivity index (χ1v) is 8.38. The van der Waals surface area contributed by atoms with E-state index in [-0.39, 0.29) is 29.9 Å². The van der Waals surface area contributed by atoms with E-state index in [1.54, 1.807) is 0 Å². The molecule has 7 nitrogen and oxygen atoms in total. The molecular formula is C16H30IN5O2. The average Bonchev–Trinajstić information content (AvgIpc) is 3.02. The fraction of sp³-hybridized carbons (Fsp3) is 0.688. The molecule has 0 aromatic carbocycles. The Kier molecular flexibility index (Phi) is 12.3. The summed E-state index contributed by atoms with van der Waals surface area (Å²) in [5.41, 5.74) is 0.929. The van der Waals surface area contributed by atoms with Crippen LogP contribution in [-0.4, -0.2) is 48.1 Å². The highest BCUT2D eigenvalue weighted by Crippen LogP contribution is 2.05. The third kappa shape index (κ3) is 7.98. The van der Waals surface area contributed by atoms with E-state index in [0.717, 1.165) is 37.5 Å². The van der Waals surface area contributed by atoms with Gasteiger partial charge in [-0.05, 0) is 27.2 Å². The largest absolute Gasteiger partial charge is 0.359 e. The number of hydrogen-bond donors (Lipinski definition) is 2. The fourth-order valence-electron chi connectivity index (χ4n) is 2.12. The van der Waals surface area contributed by atoms with Crippen molar-refractivity contribution in [2.45, 2.75) is 47.1 Å². The quantitative estimate of drug-likeness (QED) is 0.342. The van der Waals surface area contributed by atoms with Crippen molar-refractivity contribution in [3.8, 4) is 0 Å². The summed E-state index contributed by atoms with van der Waals surface area (Å²) in [5, 5.41) is 10.3. The molecule has 0 aliphatic heterocycles. The predicted octanol–water partition coefficient (Wildman–Crippen LogP) is 2.17. The molecule has 0 atom stereocenters. The Balaban J connectivity index is 0.00000529. The summed E-state index contributed by atoms with van der Waals surface area (Å²) in [6, 6.07) is 1.91. The average molecular weight is 451 g/mol. The third-order valence-electron chi connectivity index (χ3n) is 3.45. The number of halogens is 1. The van der Waals surface area contributed by atoms with Crippen LogP contribution in [0.2, 0.25) is 0 Å². The molecule has 24 heavy (non-hydrogen) atoms. The van der Waals surface area contributed by atoms with Crippen molar-refractivity contribution in [3.63, 3.8) is 0 Å². The first-order chi connectivity index (χ1) is 11.1. The summed E-state index contributed by atoms with van der Waals surface area (Å²) in [6.45, 7) is 11.2. The standard InChI is InChI=1S/C16H29N5O2.HI/c1-5-13-11-14(23-20-13)12-19-16(17-6-2)18-10-9-15(22)21(7-3)8-4;/h11H,5-10,12H2,1-4H3,(H2,17,18,19);1H. The van der Waals surface area contributed by atoms with E-state index in [0.29, 0.717) is 25.5 Å². The zero-order valence-electron chi connectivity index (χ0n) is 15.1. The molecule has 0 radical (unpaired) electrons. The van der Waals surface area contributed by atoms with Crippen LogP contribution in [0.3, 0.4) is 0 Å². The van der Waals surface area contributed by atoms with Gasteiger partial charge >= 0.3 is 0 Å². The molecule has 0 fully saturated rings. The van der Waals surface area contributed by atoms with E-state index in [4.69, 9.17) is 4.52 Å². The molecule has 138 valence electrons. The van der Waals surface area contributed by atoms with E-state index < -0.39 is 0 Å². The van der Waals surface area contributed by atoms with Gasteiger partial charge in [0.15, 0.2) is 11.7 Å². The summed E-state index contributed by atoms with van der Waals surface area (Å²) >= 11 is 0. The molecule has 1 heterocycles. The molecule has 0 bridgehead atoms. The van der Waals surface area contributed by atoms with Crippen molar-refractivity contribution in [1.82, 2.24) is 20.7 Å². The Bertz CT molecular complexity index is 500. The number of aryl methyl sites for hydroxylation is 1. The fourth-order valence-corrected chi connectivity index (χ4v) is 2.12. The number of guanidine groups is 1. The van der Waals surface area contributed by atoms with E-state index >= 15 is 0 Å². The second kappa shape index (κ2) is 13.0. The van der Waals surface area contributed by atoms with Crippen LogP contribution in [0.25, 0.3) is 0 Å². The Morgan fingerprint density at radius 3 is 2.50 bits per heavy atom. The second-order valence-corrected chi connectivity index (χ2v) is 5.08. The maximum absolute atomic E-state index is 12.0. The topological polar surface area (TPSA) is 82.8 Å². The summed E-state index contributed by atoms with van der Waals surface area (Å²) in [7, 11) is 0. The Morgan fingerprint density at radius 2 is 1.96 bits per heavy atom. The van der Waals surface area contributed by atoms with Crippen LogP contribution in [0.5, 0.6) is 0 Å². The van der Waals surface area contributed by atoms with E-state index in [9.17, 15) is 4.79 Å². The number of carbonyl (C=O) groups is 1. The lowest BCUT2D eigenvalue weighted by Gasteiger charge is -2.19. The molecule has 0 aliphatic rings. The van der Waals surface area contributed by atoms with Crippen molar-refractivity contribution in [3.05, 3.63) is 17.5 Å². The zero-order chi connectivity index (χ0) is 17.1. The van der Waals surface area contributed by atoms with Crippen LogP contribution < -0.4 is 10.6 Å². The normalized spacial score (nSPS) is 10.9. The lowest BCUT2D eigenvalue weighted by atomic mass is 10.3. The number of rotatable bonds is 9. The van der Waals surface area contributed by atoms with Crippen LogP contribution in [0.1, 0.15) is 45.6 Å². The minimum absolute atomic E-state index is 0. The molecule has 2 N–H and O–H groups in total. The van der Waals surface area contributed by atoms with Gasteiger partial charge in [0.2, 0.25) is 5.91 Å². The van der Waals surface area contributed by atoms with Crippen molar-refractivity contribution >= 4 is 35.8 Å². The number of nitrogens with zero attached hydrogens (tertiary/aromatic N) is 3. The number of amides is 1. The minimum atomic E-state index is 0. The summed E-state index contributed by atoms with van der Waals surface area (Å²) < 4.78 is 5.21. The van der Waals surface area contributed by atoms with Gasteiger partial charge < -0.3 is 20.1 Å². The molecule has 0 unspecified atom stereocenters. The summed E-state index contributed by atoms with van der Waals surface area (Å²) in [6.07, 6.45) is 1.30. The monoisotopic (exact) mass is 451 g/mol. The molecule has 1 aromatic heterocycles. The van der Waals surface area contributed by atoms with Gasteiger partial charge in [-0.3, -0.25) is 4.79 Å². The highest BCUT2D eigenvalue weighted by Gasteiger charge is 2.09. The van der Waals surface area contributed by atoms with Gasteiger partial charge in [-0.15, -0.1) is 24.0 Å². The molecule has 0 aliphatic carbocycles. The Morgan fingerprint density at radius 1 is 1.25 bits per heavy atom. The van der Waals surface area contributed by atoms with Gasteiger partial charge in [0.05, 0.1) is 5.69 Å². The van der Waals surface area contributed by atoms with Crippen LogP contribution in [0, 0.1) is 0 Å². The van der Waals surface area contributed by atoms with Gasteiger partial charge in [-0.2, -0.15) is 0 Å². The van der Waals surface area contributed by atoms with Crippen molar-refractivity contribution < 1.29 is 9.32 Å². The van der Waals surface area contributed by atoms with Crippen LogP contribution >= 0.6 is 24.0 Å². The molecule has 1 rings (SSSR count). The van der Waals surface area contributed by atoms with Crippen molar-refractivity contribution in [2.75, 3.05) is 26.2 Å². The molecule has 1 aromatic rings. The lowest BCUT2D eigenvalue weighted by molar-refractivity contribution is -0.130. The van der Waals surface area contributed by atoms with Crippen molar-refractivity contribution in [1.29, 1.82) is 0 Å². The second-order valence-electron chi connectivity index (χ2n) is 5.08. The maximum Gasteiger partial charge on any atom is 0.224 e. The molecule has 0 saturated carbocycles. The van der Waals surface area contributed by atoms with Crippen LogP contribution in [0.4, 0.5) is 0 Å². The van der Waals surface area contributed by atoms with Gasteiger partial charge in [-0.25, -0.2) is 4.99 Å². The lowest BCUT2D eigenvalue weighted by Crippen LogP contribution is -2.40. The number of hydrogen-bond acceptors (Lipinski definition) is 4. The highest BCUT2D eigenvalue weighted by molar-refractivity contribution is 14.0. The number of aromatic nitrogens is 1. The third-order valence-corrected chi connectivity index (χ3v) is 3.45. The van der Waals surface area contributed by atoms with Crippen LogP contribution in [-0.2, 0) is 17.8 Å². The SMILES string of the molecule is CCNC(=NCc1cc(CC)no1)NCCC(=O)N(CC)CC.I. The molecule has 8 heteroatoms. The zero-order valence-corrected chi connectivity index (χ0v) is 17.4. The maximum atomic E-state index is 12.0. The van der Waals surface area contributed by atoms with E-state index in [1.807, 2.05) is 38.7 Å². The molecular weight excluding hydrogens is 421 g/mol. The number of nitrogens with one attached hydrogen (secondary N) is 2. The van der Waals surface area contributed by atoms with E-state index in [1.165, 1.54) is 0 Å². The van der Waals surface area contributed by atoms with Gasteiger partial charge in [0.1, 0.15) is 6.54 Å². The first-order valence-electron chi connectivity index (χ1n) is 8.38. The number of aliphatic imine (C=N–C) groups is 1. The Labute approximate surface area is 161 Å². The molecule has 0 saturated heterocycles. The molecule has 0 spiro atoms. The first kappa shape index (κ1) is 22.7.